The normalized spacial score (nSPS) is 12.5. The number of nitrogens with one attached hydrogen (secondary N) is 2. The van der Waals surface area contributed by atoms with Crippen molar-refractivity contribution in [1.29, 1.82) is 0 Å². The second-order valence-electron chi connectivity index (χ2n) is 5.21. The number of nitrogens with zero attached hydrogens (tertiary/aromatic N) is 1. The third-order valence-electron chi connectivity index (χ3n) is 3.63. The minimum absolute atomic E-state index is 0.106. The van der Waals surface area contributed by atoms with Gasteiger partial charge in [-0.15, -0.1) is 11.3 Å². The van der Waals surface area contributed by atoms with Crippen molar-refractivity contribution in [3.63, 3.8) is 0 Å². The van der Waals surface area contributed by atoms with Crippen molar-refractivity contribution < 1.29 is 9.90 Å². The van der Waals surface area contributed by atoms with E-state index in [1.165, 1.54) is 11.3 Å². The van der Waals surface area contributed by atoms with Crippen molar-refractivity contribution in [2.45, 2.75) is 19.4 Å². The molecule has 0 spiro atoms. The minimum atomic E-state index is -0.707. The number of aryl methyl sites for hydroxylation is 1. The lowest BCUT2D eigenvalue weighted by molar-refractivity contribution is -0.120. The van der Waals surface area contributed by atoms with Gasteiger partial charge in [-0.3, -0.25) is 9.78 Å². The number of fused-ring (bicyclic) bond motifs is 1. The van der Waals surface area contributed by atoms with E-state index in [-0.39, 0.29) is 12.5 Å². The first kappa shape index (κ1) is 14.7. The molecule has 1 atom stereocenters. The maximum absolute atomic E-state index is 12.1. The summed E-state index contributed by atoms with van der Waals surface area (Å²) in [7, 11) is 0. The number of aromatic amines is 1. The van der Waals surface area contributed by atoms with Crippen LogP contribution in [0.1, 0.15) is 22.1 Å². The van der Waals surface area contributed by atoms with E-state index in [0.29, 0.717) is 6.42 Å². The standard InChI is InChI=1S/C16H17N3O2S/c1-10-3-2-4-12-11(6-19-16(10)12)5-15(21)18-7-13(20)14-8-17-9-22-14/h2-4,6,8-9,13,19-20H,5,7H2,1H3,(H,18,21). The summed E-state index contributed by atoms with van der Waals surface area (Å²) in [6.07, 6.45) is 3.07. The molecule has 1 aromatic carbocycles. The highest BCUT2D eigenvalue weighted by Gasteiger charge is 2.13. The molecule has 114 valence electrons. The van der Waals surface area contributed by atoms with Crippen LogP contribution >= 0.6 is 11.3 Å². The molecule has 0 fully saturated rings. The first-order chi connectivity index (χ1) is 10.6. The van der Waals surface area contributed by atoms with Crippen molar-refractivity contribution in [3.05, 3.63) is 52.1 Å². The molecule has 0 bridgehead atoms. The average molecular weight is 315 g/mol. The number of thiazole rings is 1. The van der Waals surface area contributed by atoms with Crippen molar-refractivity contribution in [1.82, 2.24) is 15.3 Å². The fraction of sp³-hybridized carbons (Fsp3) is 0.250. The van der Waals surface area contributed by atoms with Crippen molar-refractivity contribution in [3.8, 4) is 0 Å². The zero-order valence-electron chi connectivity index (χ0n) is 12.2. The van der Waals surface area contributed by atoms with Gasteiger partial charge in [0.05, 0.1) is 16.8 Å². The molecular weight excluding hydrogens is 298 g/mol. The highest BCUT2D eigenvalue weighted by Crippen LogP contribution is 2.21. The monoisotopic (exact) mass is 315 g/mol. The zero-order chi connectivity index (χ0) is 15.5. The van der Waals surface area contributed by atoms with E-state index < -0.39 is 6.10 Å². The van der Waals surface area contributed by atoms with Gasteiger partial charge in [0, 0.05) is 29.8 Å². The van der Waals surface area contributed by atoms with Gasteiger partial charge in [-0.1, -0.05) is 18.2 Å². The molecule has 5 nitrogen and oxygen atoms in total. The molecule has 22 heavy (non-hydrogen) atoms. The number of aliphatic hydroxyl groups is 1. The number of benzene rings is 1. The van der Waals surface area contributed by atoms with Crippen LogP contribution in [0.25, 0.3) is 10.9 Å². The summed E-state index contributed by atoms with van der Waals surface area (Å²) in [5.41, 5.74) is 4.84. The number of para-hydroxylation sites is 1. The van der Waals surface area contributed by atoms with Gasteiger partial charge in [0.2, 0.25) is 5.91 Å². The fourth-order valence-corrected chi connectivity index (χ4v) is 3.05. The molecule has 3 aromatic rings. The number of carbonyl (C=O) groups is 1. The second kappa shape index (κ2) is 6.29. The Morgan fingerprint density at radius 3 is 3.14 bits per heavy atom. The second-order valence-corrected chi connectivity index (χ2v) is 6.13. The lowest BCUT2D eigenvalue weighted by Crippen LogP contribution is -2.29. The summed E-state index contributed by atoms with van der Waals surface area (Å²) in [6, 6.07) is 6.03. The number of hydrogen-bond acceptors (Lipinski definition) is 4. The quantitative estimate of drug-likeness (QED) is 0.676. The summed E-state index contributed by atoms with van der Waals surface area (Å²) >= 11 is 1.37. The molecule has 1 amide bonds. The SMILES string of the molecule is Cc1cccc2c(CC(=O)NCC(O)c3cncs3)c[nH]c12. The molecule has 6 heteroatoms. The van der Waals surface area contributed by atoms with Gasteiger partial charge in [-0.2, -0.15) is 0 Å². The molecule has 1 unspecified atom stereocenters. The van der Waals surface area contributed by atoms with E-state index in [0.717, 1.165) is 26.9 Å². The van der Waals surface area contributed by atoms with Crippen LogP contribution < -0.4 is 5.32 Å². The Hall–Kier alpha value is -2.18. The van der Waals surface area contributed by atoms with Crippen LogP contribution in [0.3, 0.4) is 0 Å². The number of H-pyrrole nitrogens is 1. The van der Waals surface area contributed by atoms with E-state index in [2.05, 4.69) is 15.3 Å². The van der Waals surface area contributed by atoms with E-state index in [1.807, 2.05) is 31.3 Å². The summed E-state index contributed by atoms with van der Waals surface area (Å²) in [5, 5.41) is 13.8. The van der Waals surface area contributed by atoms with Gasteiger partial charge in [0.15, 0.2) is 0 Å². The highest BCUT2D eigenvalue weighted by atomic mass is 32.1. The Balaban J connectivity index is 1.63. The van der Waals surface area contributed by atoms with Crippen LogP contribution in [0.15, 0.2) is 36.1 Å². The van der Waals surface area contributed by atoms with Gasteiger partial charge in [-0.25, -0.2) is 0 Å². The Kier molecular flexibility index (Phi) is 4.22. The molecule has 0 saturated carbocycles. The molecule has 3 N–H and O–H groups in total. The van der Waals surface area contributed by atoms with Gasteiger partial charge < -0.3 is 15.4 Å². The molecular formula is C16H17N3O2S. The van der Waals surface area contributed by atoms with E-state index in [9.17, 15) is 9.90 Å². The number of aliphatic hydroxyl groups excluding tert-OH is 1. The van der Waals surface area contributed by atoms with E-state index in [1.54, 1.807) is 11.7 Å². The lowest BCUT2D eigenvalue weighted by atomic mass is 10.1. The first-order valence-corrected chi connectivity index (χ1v) is 7.92. The van der Waals surface area contributed by atoms with Gasteiger partial charge in [-0.05, 0) is 18.1 Å². The summed E-state index contributed by atoms with van der Waals surface area (Å²) < 4.78 is 0. The lowest BCUT2D eigenvalue weighted by Gasteiger charge is -2.09. The third-order valence-corrected chi connectivity index (χ3v) is 4.51. The number of rotatable bonds is 5. The number of hydrogen-bond donors (Lipinski definition) is 3. The molecule has 0 saturated heterocycles. The average Bonchev–Trinajstić information content (AvgIpc) is 3.16. The molecule has 0 aliphatic heterocycles. The van der Waals surface area contributed by atoms with Crippen LogP contribution in [-0.4, -0.2) is 27.5 Å². The van der Waals surface area contributed by atoms with E-state index >= 15 is 0 Å². The predicted molar refractivity (Wildman–Crippen MR) is 86.8 cm³/mol. The number of amides is 1. The van der Waals surface area contributed by atoms with Crippen molar-refractivity contribution in [2.24, 2.45) is 0 Å². The van der Waals surface area contributed by atoms with Crippen LogP contribution in [0, 0.1) is 6.92 Å². The molecule has 0 aliphatic carbocycles. The van der Waals surface area contributed by atoms with Crippen molar-refractivity contribution >= 4 is 28.1 Å². The number of carbonyl (C=O) groups excluding carboxylic acids is 1. The Bertz CT molecular complexity index is 780. The molecule has 2 aromatic heterocycles. The van der Waals surface area contributed by atoms with Crippen LogP contribution in [0.2, 0.25) is 0 Å². The summed E-state index contributed by atoms with van der Waals surface area (Å²) in [4.78, 5) is 19.9. The van der Waals surface area contributed by atoms with Crippen LogP contribution in [0.5, 0.6) is 0 Å². The molecule has 3 rings (SSSR count). The maximum Gasteiger partial charge on any atom is 0.224 e. The van der Waals surface area contributed by atoms with Crippen LogP contribution in [-0.2, 0) is 11.2 Å². The number of aromatic nitrogens is 2. The Morgan fingerprint density at radius 2 is 2.36 bits per heavy atom. The topological polar surface area (TPSA) is 78.0 Å². The van der Waals surface area contributed by atoms with E-state index in [4.69, 9.17) is 0 Å². The molecule has 2 heterocycles. The summed E-state index contributed by atoms with van der Waals surface area (Å²) in [6.45, 7) is 2.23. The fourth-order valence-electron chi connectivity index (χ4n) is 2.45. The van der Waals surface area contributed by atoms with Crippen molar-refractivity contribution in [2.75, 3.05) is 6.54 Å². The predicted octanol–water partition coefficient (Wildman–Crippen LogP) is 2.33. The van der Waals surface area contributed by atoms with Crippen LogP contribution in [0.4, 0.5) is 0 Å². The third kappa shape index (κ3) is 3.03. The molecule has 0 radical (unpaired) electrons. The Labute approximate surface area is 132 Å². The minimum Gasteiger partial charge on any atom is -0.386 e. The zero-order valence-corrected chi connectivity index (χ0v) is 13.0. The maximum atomic E-state index is 12.1. The summed E-state index contributed by atoms with van der Waals surface area (Å²) in [5.74, 6) is -0.106. The van der Waals surface area contributed by atoms with Gasteiger partial charge >= 0.3 is 0 Å². The Morgan fingerprint density at radius 1 is 1.50 bits per heavy atom. The van der Waals surface area contributed by atoms with Gasteiger partial charge in [0.1, 0.15) is 6.10 Å². The van der Waals surface area contributed by atoms with Gasteiger partial charge in [0.25, 0.3) is 0 Å². The highest BCUT2D eigenvalue weighted by molar-refractivity contribution is 7.09. The largest absolute Gasteiger partial charge is 0.386 e. The first-order valence-electron chi connectivity index (χ1n) is 7.04. The molecule has 0 aliphatic rings. The smallest absolute Gasteiger partial charge is 0.224 e.